The van der Waals surface area contributed by atoms with E-state index in [0.717, 1.165) is 10.6 Å². The minimum Gasteiger partial charge on any atom is -0.481 e. The Bertz CT molecular complexity index is 1000. The predicted molar refractivity (Wildman–Crippen MR) is 128 cm³/mol. The van der Waals surface area contributed by atoms with Gasteiger partial charge in [-0.05, 0) is 54.7 Å². The van der Waals surface area contributed by atoms with E-state index < -0.39 is 17.8 Å². The van der Waals surface area contributed by atoms with E-state index >= 15 is 0 Å². The molecule has 1 aliphatic carbocycles. The monoisotopic (exact) mass is 452 g/mol. The molecule has 3 rings (SSSR count). The maximum atomic E-state index is 12.6. The van der Waals surface area contributed by atoms with Gasteiger partial charge >= 0.3 is 5.97 Å². The van der Waals surface area contributed by atoms with Gasteiger partial charge < -0.3 is 15.7 Å². The number of allylic oxidation sites excluding steroid dienone is 2. The van der Waals surface area contributed by atoms with Gasteiger partial charge in [-0.3, -0.25) is 14.4 Å². The zero-order chi connectivity index (χ0) is 23.1. The zero-order valence-electron chi connectivity index (χ0n) is 18.2. The van der Waals surface area contributed by atoms with Gasteiger partial charge in [-0.1, -0.05) is 44.2 Å². The van der Waals surface area contributed by atoms with Crippen molar-refractivity contribution < 1.29 is 19.5 Å². The molecule has 1 aliphatic rings. The molecule has 0 spiro atoms. The largest absolute Gasteiger partial charge is 0.481 e. The highest BCUT2D eigenvalue weighted by Crippen LogP contribution is 2.28. The summed E-state index contributed by atoms with van der Waals surface area (Å²) < 4.78 is 0. The maximum Gasteiger partial charge on any atom is 0.307 e. The van der Waals surface area contributed by atoms with Crippen molar-refractivity contribution in [3.05, 3.63) is 66.2 Å². The van der Waals surface area contributed by atoms with Gasteiger partial charge in [0.15, 0.2) is 0 Å². The van der Waals surface area contributed by atoms with Crippen molar-refractivity contribution in [3.8, 4) is 0 Å². The van der Waals surface area contributed by atoms with Gasteiger partial charge in [-0.2, -0.15) is 0 Å². The van der Waals surface area contributed by atoms with Crippen LogP contribution in [0, 0.1) is 11.8 Å². The van der Waals surface area contributed by atoms with Crippen LogP contribution >= 0.6 is 11.8 Å². The van der Waals surface area contributed by atoms with Crippen LogP contribution in [0.2, 0.25) is 0 Å². The Morgan fingerprint density at radius 3 is 2.31 bits per heavy atom. The molecule has 7 heteroatoms. The van der Waals surface area contributed by atoms with Crippen molar-refractivity contribution in [3.63, 3.8) is 0 Å². The highest BCUT2D eigenvalue weighted by atomic mass is 32.2. The summed E-state index contributed by atoms with van der Waals surface area (Å²) in [4.78, 5) is 37.2. The lowest BCUT2D eigenvalue weighted by Crippen LogP contribution is -2.34. The van der Waals surface area contributed by atoms with Gasteiger partial charge in [0, 0.05) is 16.3 Å². The molecule has 0 aromatic heterocycles. The average molecular weight is 453 g/mol. The summed E-state index contributed by atoms with van der Waals surface area (Å²) in [6.07, 6.45) is 4.43. The number of nitrogens with one attached hydrogen (secondary N) is 2. The third-order valence-corrected chi connectivity index (χ3v) is 6.41. The number of hydrogen-bond donors (Lipinski definition) is 3. The minimum atomic E-state index is -0.955. The number of amides is 2. The van der Waals surface area contributed by atoms with Gasteiger partial charge in [-0.15, -0.1) is 11.8 Å². The first kappa shape index (κ1) is 23.6. The number of carboxylic acid groups (broad SMARTS) is 1. The van der Waals surface area contributed by atoms with E-state index in [-0.39, 0.29) is 17.6 Å². The maximum absolute atomic E-state index is 12.6. The lowest BCUT2D eigenvalue weighted by Gasteiger charge is -2.24. The summed E-state index contributed by atoms with van der Waals surface area (Å²) in [6.45, 7) is 4.24. The number of carbonyl (C=O) groups is 3. The van der Waals surface area contributed by atoms with Gasteiger partial charge in [0.2, 0.25) is 11.8 Å². The number of benzene rings is 2. The summed E-state index contributed by atoms with van der Waals surface area (Å²) in [7, 11) is 0. The van der Waals surface area contributed by atoms with E-state index in [1.807, 2.05) is 42.5 Å². The quantitative estimate of drug-likeness (QED) is 0.380. The predicted octanol–water partition coefficient (Wildman–Crippen LogP) is 5.15. The van der Waals surface area contributed by atoms with Crippen molar-refractivity contribution in [2.45, 2.75) is 37.5 Å². The van der Waals surface area contributed by atoms with Crippen LogP contribution < -0.4 is 10.6 Å². The van der Waals surface area contributed by atoms with Crippen molar-refractivity contribution >= 4 is 40.9 Å². The fourth-order valence-electron chi connectivity index (χ4n) is 3.57. The molecular weight excluding hydrogens is 424 g/mol. The van der Waals surface area contributed by atoms with Crippen LogP contribution in [-0.4, -0.2) is 28.6 Å². The van der Waals surface area contributed by atoms with Crippen molar-refractivity contribution in [2.24, 2.45) is 11.8 Å². The molecular formula is C25H28N2O4S. The fraction of sp³-hybridized carbons (Fsp3) is 0.320. The third-order valence-electron chi connectivity index (χ3n) is 5.42. The first-order valence-corrected chi connectivity index (χ1v) is 11.6. The van der Waals surface area contributed by atoms with Gasteiger partial charge in [0.05, 0.1) is 17.6 Å². The first-order valence-electron chi connectivity index (χ1n) is 10.6. The number of carbonyl (C=O) groups excluding carboxylic acids is 2. The highest BCUT2D eigenvalue weighted by Gasteiger charge is 2.33. The summed E-state index contributed by atoms with van der Waals surface area (Å²) >= 11 is 1.37. The molecule has 168 valence electrons. The molecule has 0 radical (unpaired) electrons. The molecule has 2 aromatic rings. The number of thioether (sulfide) groups is 1. The van der Waals surface area contributed by atoms with E-state index in [0.29, 0.717) is 24.4 Å². The summed E-state index contributed by atoms with van der Waals surface area (Å²) in [5.74, 6) is -2.00. The van der Waals surface area contributed by atoms with Crippen LogP contribution in [0.1, 0.15) is 38.2 Å². The first-order chi connectivity index (χ1) is 15.3. The fourth-order valence-corrected chi connectivity index (χ4v) is 4.33. The van der Waals surface area contributed by atoms with Crippen LogP contribution in [0.15, 0.2) is 65.6 Å². The average Bonchev–Trinajstić information content (AvgIpc) is 2.78. The van der Waals surface area contributed by atoms with Crippen molar-refractivity contribution in [2.75, 3.05) is 16.4 Å². The number of aliphatic carboxylic acids is 1. The summed E-state index contributed by atoms with van der Waals surface area (Å²) in [5, 5.41) is 15.1. The SMILES string of the molecule is CC(C)c1ccc(NC(=O)CSc2cccc(NC(=O)C3CC=CCC3C(=O)O)c2)cc1. The second-order valence-corrected chi connectivity index (χ2v) is 9.17. The molecule has 2 amide bonds. The second-order valence-electron chi connectivity index (χ2n) is 8.12. The Hall–Kier alpha value is -3.06. The van der Waals surface area contributed by atoms with E-state index in [1.165, 1.54) is 17.3 Å². The molecule has 32 heavy (non-hydrogen) atoms. The number of hydrogen-bond acceptors (Lipinski definition) is 4. The minimum absolute atomic E-state index is 0.111. The highest BCUT2D eigenvalue weighted by molar-refractivity contribution is 8.00. The second kappa shape index (κ2) is 11.0. The lowest BCUT2D eigenvalue weighted by molar-refractivity contribution is -0.146. The Labute approximate surface area is 192 Å². The Morgan fingerprint density at radius 2 is 1.66 bits per heavy atom. The molecule has 0 fully saturated rings. The van der Waals surface area contributed by atoms with E-state index in [2.05, 4.69) is 24.5 Å². The summed E-state index contributed by atoms with van der Waals surface area (Å²) in [6, 6.07) is 15.0. The topological polar surface area (TPSA) is 95.5 Å². The number of anilines is 2. The Kier molecular flexibility index (Phi) is 8.11. The van der Waals surface area contributed by atoms with Gasteiger partial charge in [0.25, 0.3) is 0 Å². The number of rotatable bonds is 8. The van der Waals surface area contributed by atoms with Crippen LogP contribution in [0.25, 0.3) is 0 Å². The molecule has 3 N–H and O–H groups in total. The van der Waals surface area contributed by atoms with E-state index in [1.54, 1.807) is 18.2 Å². The van der Waals surface area contributed by atoms with Crippen LogP contribution in [0.4, 0.5) is 11.4 Å². The molecule has 6 nitrogen and oxygen atoms in total. The molecule has 0 heterocycles. The Morgan fingerprint density at radius 1 is 0.969 bits per heavy atom. The molecule has 2 aromatic carbocycles. The normalized spacial score (nSPS) is 17.7. The molecule has 0 saturated heterocycles. The third kappa shape index (κ3) is 6.47. The Balaban J connectivity index is 1.54. The number of carboxylic acids is 1. The van der Waals surface area contributed by atoms with Crippen LogP contribution in [0.3, 0.4) is 0 Å². The molecule has 2 unspecified atom stereocenters. The molecule has 2 atom stereocenters. The molecule has 0 saturated carbocycles. The molecule has 0 bridgehead atoms. The lowest BCUT2D eigenvalue weighted by atomic mass is 9.82. The standard InChI is InChI=1S/C25H28N2O4S/c1-16(2)17-10-12-18(13-11-17)26-23(28)15-32-20-7-5-6-19(14-20)27-24(29)21-8-3-4-9-22(21)25(30)31/h3-7,10-14,16,21-22H,8-9,15H2,1-2H3,(H,26,28)(H,27,29)(H,30,31). The van der Waals surface area contributed by atoms with Crippen LogP contribution in [-0.2, 0) is 14.4 Å². The zero-order valence-corrected chi connectivity index (χ0v) is 19.0. The summed E-state index contributed by atoms with van der Waals surface area (Å²) in [5.41, 5.74) is 2.56. The van der Waals surface area contributed by atoms with Crippen LogP contribution in [0.5, 0.6) is 0 Å². The van der Waals surface area contributed by atoms with Crippen molar-refractivity contribution in [1.29, 1.82) is 0 Å². The smallest absolute Gasteiger partial charge is 0.307 e. The van der Waals surface area contributed by atoms with E-state index in [9.17, 15) is 19.5 Å². The molecule has 0 aliphatic heterocycles. The van der Waals surface area contributed by atoms with E-state index in [4.69, 9.17) is 0 Å². The van der Waals surface area contributed by atoms with Gasteiger partial charge in [0.1, 0.15) is 0 Å². The van der Waals surface area contributed by atoms with Crippen molar-refractivity contribution in [1.82, 2.24) is 0 Å². The van der Waals surface area contributed by atoms with Gasteiger partial charge in [-0.25, -0.2) is 0 Å².